The minimum Gasteiger partial charge on any atom is -0.382 e. The zero-order valence-electron chi connectivity index (χ0n) is 11.3. The molecule has 0 bridgehead atoms. The van der Waals surface area contributed by atoms with E-state index in [1.54, 1.807) is 0 Å². The van der Waals surface area contributed by atoms with E-state index >= 15 is 0 Å². The van der Waals surface area contributed by atoms with E-state index in [1.165, 1.54) is 29.4 Å². The van der Waals surface area contributed by atoms with Gasteiger partial charge in [-0.05, 0) is 24.1 Å². The number of hydrogen-bond donors (Lipinski definition) is 1. The van der Waals surface area contributed by atoms with Crippen LogP contribution in [0.15, 0.2) is 30.6 Å². The quantitative estimate of drug-likeness (QED) is 0.877. The fourth-order valence-electron chi connectivity index (χ4n) is 2.55. The number of carbonyl (C=O) groups excluding carboxylic acids is 1. The molecular weight excluding hydrogens is 297 g/mol. The van der Waals surface area contributed by atoms with Crippen molar-refractivity contribution >= 4 is 17.4 Å². The van der Waals surface area contributed by atoms with E-state index in [1.807, 2.05) is 0 Å². The number of nitrogen functional groups attached to an aromatic ring is 1. The number of anilines is 2. The van der Waals surface area contributed by atoms with Crippen molar-refractivity contribution in [3.63, 3.8) is 0 Å². The Hall–Kier alpha value is -2.64. The Morgan fingerprint density at radius 1 is 1.23 bits per heavy atom. The van der Waals surface area contributed by atoms with Gasteiger partial charge in [0.05, 0.1) is 5.56 Å². The normalized spacial score (nSPS) is 14.0. The lowest BCUT2D eigenvalue weighted by Crippen LogP contribution is -2.30. The molecule has 1 amide bonds. The van der Waals surface area contributed by atoms with Gasteiger partial charge in [-0.25, -0.2) is 9.97 Å². The molecule has 1 aromatic carbocycles. The number of rotatable bonds is 1. The van der Waals surface area contributed by atoms with Crippen LogP contribution >= 0.6 is 0 Å². The Bertz CT molecular complexity index is 745. The zero-order chi connectivity index (χ0) is 15.9. The van der Waals surface area contributed by atoms with E-state index in [0.717, 1.165) is 6.07 Å². The van der Waals surface area contributed by atoms with Gasteiger partial charge in [0.15, 0.2) is 11.5 Å². The van der Waals surface area contributed by atoms with E-state index in [-0.39, 0.29) is 35.7 Å². The Labute approximate surface area is 123 Å². The molecule has 2 N–H and O–H groups in total. The lowest BCUT2D eigenvalue weighted by molar-refractivity contribution is -0.138. The van der Waals surface area contributed by atoms with E-state index in [2.05, 4.69) is 9.97 Å². The maximum Gasteiger partial charge on any atom is 0.416 e. The minimum atomic E-state index is -4.45. The Balaban J connectivity index is 2.02. The molecule has 22 heavy (non-hydrogen) atoms. The standard InChI is InChI=1S/C14H11F3N4O/c15-14(16,17)9-2-1-3-10-8(9)4-7-21(10)13(22)11-12(18)20-6-5-19-11/h1-3,5-6H,4,7H2,(H2,18,20). The monoisotopic (exact) mass is 308 g/mol. The molecule has 0 fully saturated rings. The second kappa shape index (κ2) is 4.97. The number of halogens is 3. The fourth-order valence-corrected chi connectivity index (χ4v) is 2.55. The molecule has 2 aromatic rings. The maximum atomic E-state index is 13.0. The van der Waals surface area contributed by atoms with Gasteiger partial charge in [-0.1, -0.05) is 6.07 Å². The second-order valence-corrected chi connectivity index (χ2v) is 4.80. The van der Waals surface area contributed by atoms with Crippen LogP contribution in [0.25, 0.3) is 0 Å². The summed E-state index contributed by atoms with van der Waals surface area (Å²) in [6.07, 6.45) is -1.66. The van der Waals surface area contributed by atoms with Crippen molar-refractivity contribution in [2.45, 2.75) is 12.6 Å². The number of benzene rings is 1. The van der Waals surface area contributed by atoms with Crippen molar-refractivity contribution in [1.29, 1.82) is 0 Å². The van der Waals surface area contributed by atoms with Crippen LogP contribution in [0, 0.1) is 0 Å². The molecule has 0 saturated heterocycles. The molecule has 0 aliphatic carbocycles. The van der Waals surface area contributed by atoms with Gasteiger partial charge in [0, 0.05) is 24.6 Å². The van der Waals surface area contributed by atoms with Gasteiger partial charge in [-0.3, -0.25) is 4.79 Å². The molecule has 1 aliphatic heterocycles. The van der Waals surface area contributed by atoms with Crippen molar-refractivity contribution in [2.24, 2.45) is 0 Å². The van der Waals surface area contributed by atoms with Gasteiger partial charge in [0.1, 0.15) is 0 Å². The molecule has 5 nitrogen and oxygen atoms in total. The fraction of sp³-hybridized carbons (Fsp3) is 0.214. The molecule has 0 spiro atoms. The molecule has 1 aromatic heterocycles. The topological polar surface area (TPSA) is 72.1 Å². The molecule has 1 aliphatic rings. The minimum absolute atomic E-state index is 0.0482. The smallest absolute Gasteiger partial charge is 0.382 e. The number of fused-ring (bicyclic) bond motifs is 1. The summed E-state index contributed by atoms with van der Waals surface area (Å²) in [5.74, 6) is -0.600. The lowest BCUT2D eigenvalue weighted by atomic mass is 10.0. The predicted octanol–water partition coefficient (Wildman–Crippen LogP) is 2.28. The Morgan fingerprint density at radius 3 is 2.64 bits per heavy atom. The Morgan fingerprint density at radius 2 is 1.95 bits per heavy atom. The second-order valence-electron chi connectivity index (χ2n) is 4.80. The van der Waals surface area contributed by atoms with Crippen LogP contribution in [0.4, 0.5) is 24.7 Å². The van der Waals surface area contributed by atoms with Crippen LogP contribution in [-0.2, 0) is 12.6 Å². The summed E-state index contributed by atoms with van der Waals surface area (Å²) >= 11 is 0. The molecule has 2 heterocycles. The van der Waals surface area contributed by atoms with Crippen LogP contribution in [0.1, 0.15) is 21.6 Å². The van der Waals surface area contributed by atoms with Gasteiger partial charge in [0.2, 0.25) is 0 Å². The average Bonchev–Trinajstić information content (AvgIpc) is 2.89. The molecule has 8 heteroatoms. The summed E-state index contributed by atoms with van der Waals surface area (Å²) in [6, 6.07) is 3.79. The molecule has 0 unspecified atom stereocenters. The highest BCUT2D eigenvalue weighted by atomic mass is 19.4. The van der Waals surface area contributed by atoms with Gasteiger partial charge in [-0.2, -0.15) is 13.2 Å². The first-order valence-electron chi connectivity index (χ1n) is 6.47. The number of hydrogen-bond acceptors (Lipinski definition) is 4. The number of carbonyl (C=O) groups is 1. The van der Waals surface area contributed by atoms with Crippen LogP contribution in [-0.4, -0.2) is 22.4 Å². The number of nitrogens with zero attached hydrogens (tertiary/aromatic N) is 3. The molecular formula is C14H11F3N4O. The number of amides is 1. The Kier molecular flexibility index (Phi) is 3.23. The van der Waals surface area contributed by atoms with Crippen molar-refractivity contribution in [3.8, 4) is 0 Å². The van der Waals surface area contributed by atoms with Crippen molar-refractivity contribution in [1.82, 2.24) is 9.97 Å². The highest BCUT2D eigenvalue weighted by Gasteiger charge is 2.38. The molecule has 114 valence electrons. The van der Waals surface area contributed by atoms with Gasteiger partial charge >= 0.3 is 6.18 Å². The predicted molar refractivity (Wildman–Crippen MR) is 73.3 cm³/mol. The van der Waals surface area contributed by atoms with Gasteiger partial charge in [0.25, 0.3) is 5.91 Å². The van der Waals surface area contributed by atoms with Crippen LogP contribution in [0.2, 0.25) is 0 Å². The third-order valence-electron chi connectivity index (χ3n) is 3.51. The van der Waals surface area contributed by atoms with Crippen molar-refractivity contribution in [2.75, 3.05) is 17.2 Å². The van der Waals surface area contributed by atoms with Crippen molar-refractivity contribution < 1.29 is 18.0 Å². The highest BCUT2D eigenvalue weighted by Crippen LogP contribution is 2.39. The summed E-state index contributed by atoms with van der Waals surface area (Å²) in [5.41, 5.74) is 5.19. The average molecular weight is 308 g/mol. The third-order valence-corrected chi connectivity index (χ3v) is 3.51. The third kappa shape index (κ3) is 2.26. The largest absolute Gasteiger partial charge is 0.416 e. The van der Waals surface area contributed by atoms with E-state index < -0.39 is 17.6 Å². The number of alkyl halides is 3. The summed E-state index contributed by atoms with van der Waals surface area (Å²) in [7, 11) is 0. The summed E-state index contributed by atoms with van der Waals surface area (Å²) < 4.78 is 39.0. The van der Waals surface area contributed by atoms with Crippen molar-refractivity contribution in [3.05, 3.63) is 47.4 Å². The SMILES string of the molecule is Nc1nccnc1C(=O)N1CCc2c1cccc2C(F)(F)F. The lowest BCUT2D eigenvalue weighted by Gasteiger charge is -2.18. The first-order chi connectivity index (χ1) is 10.4. The van der Waals surface area contributed by atoms with E-state index in [9.17, 15) is 18.0 Å². The zero-order valence-corrected chi connectivity index (χ0v) is 11.3. The number of aromatic nitrogens is 2. The van der Waals surface area contributed by atoms with Gasteiger partial charge in [-0.15, -0.1) is 0 Å². The highest BCUT2D eigenvalue weighted by molar-refractivity contribution is 6.08. The first kappa shape index (κ1) is 14.3. The molecule has 0 atom stereocenters. The van der Waals surface area contributed by atoms with Crippen LogP contribution in [0.3, 0.4) is 0 Å². The van der Waals surface area contributed by atoms with Crippen LogP contribution < -0.4 is 10.6 Å². The summed E-state index contributed by atoms with van der Waals surface area (Å²) in [5, 5.41) is 0. The summed E-state index contributed by atoms with van der Waals surface area (Å²) in [4.78, 5) is 21.3. The van der Waals surface area contributed by atoms with Crippen LogP contribution in [0.5, 0.6) is 0 Å². The number of nitrogens with two attached hydrogens (primary N) is 1. The molecule has 0 radical (unpaired) electrons. The molecule has 3 rings (SSSR count). The first-order valence-corrected chi connectivity index (χ1v) is 6.47. The van der Waals surface area contributed by atoms with E-state index in [4.69, 9.17) is 5.73 Å². The molecule has 0 saturated carbocycles. The van der Waals surface area contributed by atoms with Gasteiger partial charge < -0.3 is 10.6 Å². The van der Waals surface area contributed by atoms with E-state index in [0.29, 0.717) is 0 Å². The maximum absolute atomic E-state index is 13.0. The summed E-state index contributed by atoms with van der Waals surface area (Å²) in [6.45, 7) is 0.150.